The summed E-state index contributed by atoms with van der Waals surface area (Å²) >= 11 is 0. The van der Waals surface area contributed by atoms with Gasteiger partial charge in [-0.05, 0) is 53.1 Å². The molecule has 0 atom stereocenters. The smallest absolute Gasteiger partial charge is 0.311 e. The van der Waals surface area contributed by atoms with Crippen molar-refractivity contribution in [1.82, 2.24) is 0 Å². The zero-order valence-corrected chi connectivity index (χ0v) is 22.0. The van der Waals surface area contributed by atoms with Crippen LogP contribution in [0.5, 0.6) is 34.5 Å². The molecule has 2 N–H and O–H groups in total. The van der Waals surface area contributed by atoms with Crippen molar-refractivity contribution in [2.24, 2.45) is 0 Å². The number of carbonyl (C=O) groups is 1. The molecule has 1 amide bonds. The van der Waals surface area contributed by atoms with Crippen molar-refractivity contribution in [3.63, 3.8) is 0 Å². The number of amides is 1. The lowest BCUT2D eigenvalue weighted by Crippen LogP contribution is -2.08. The van der Waals surface area contributed by atoms with Crippen LogP contribution in [-0.4, -0.2) is 51.5 Å². The molecule has 0 fully saturated rings. The number of nitro benzene ring substituents is 1. The van der Waals surface area contributed by atoms with Crippen LogP contribution in [0.15, 0.2) is 48.5 Å². The van der Waals surface area contributed by atoms with E-state index in [0.717, 1.165) is 5.56 Å². The summed E-state index contributed by atoms with van der Waals surface area (Å²) in [4.78, 5) is 23.3. The quantitative estimate of drug-likeness (QED) is 0.112. The number of nitrogens with one attached hydrogen (secondary N) is 1. The zero-order valence-electron chi connectivity index (χ0n) is 22.0. The number of carbonyl (C=O) groups excluding carboxylic acids is 1. The average molecular weight is 537 g/mol. The molecule has 204 valence electrons. The average Bonchev–Trinajstić information content (AvgIpc) is 2.95. The molecule has 0 bridgehead atoms. The minimum absolute atomic E-state index is 0.106. The predicted molar refractivity (Wildman–Crippen MR) is 147 cm³/mol. The van der Waals surface area contributed by atoms with E-state index in [1.807, 2.05) is 0 Å². The van der Waals surface area contributed by atoms with Gasteiger partial charge in [-0.15, -0.1) is 0 Å². The summed E-state index contributed by atoms with van der Waals surface area (Å²) in [5.74, 6) is 0.858. The van der Waals surface area contributed by atoms with Crippen LogP contribution in [-0.2, 0) is 4.79 Å². The van der Waals surface area contributed by atoms with Gasteiger partial charge >= 0.3 is 5.69 Å². The molecule has 0 radical (unpaired) electrons. The number of phenols is 1. The summed E-state index contributed by atoms with van der Waals surface area (Å²) in [6.07, 6.45) is 6.14. The van der Waals surface area contributed by atoms with Gasteiger partial charge in [0, 0.05) is 12.1 Å². The summed E-state index contributed by atoms with van der Waals surface area (Å²) < 4.78 is 26.4. The zero-order chi connectivity index (χ0) is 28.5. The second-order valence-electron chi connectivity index (χ2n) is 7.92. The summed E-state index contributed by atoms with van der Waals surface area (Å²) in [5, 5.41) is 24.4. The molecule has 0 aliphatic heterocycles. The Bertz CT molecular complexity index is 1410. The third-order valence-corrected chi connectivity index (χ3v) is 5.56. The second-order valence-corrected chi connectivity index (χ2v) is 7.92. The molecule has 39 heavy (non-hydrogen) atoms. The SMILES string of the molecule is COc1ccc(/C=C/C(=O)Nc2cc(C=Cc3cc(OC)c(OC)c(OC)c3)cc(OC)c2O)cc1[N+](=O)[O-]. The van der Waals surface area contributed by atoms with Crippen LogP contribution in [0.4, 0.5) is 11.4 Å². The van der Waals surface area contributed by atoms with Crippen molar-refractivity contribution in [2.45, 2.75) is 0 Å². The molecule has 3 aromatic rings. The number of ether oxygens (including phenoxy) is 5. The first-order valence-electron chi connectivity index (χ1n) is 11.4. The molecule has 0 aliphatic carbocycles. The second kappa shape index (κ2) is 12.9. The number of nitro groups is 1. The van der Waals surface area contributed by atoms with Crippen LogP contribution in [0.3, 0.4) is 0 Å². The number of benzene rings is 3. The first-order chi connectivity index (χ1) is 18.7. The van der Waals surface area contributed by atoms with Crippen LogP contribution >= 0.6 is 0 Å². The van der Waals surface area contributed by atoms with Crippen molar-refractivity contribution in [3.8, 4) is 34.5 Å². The van der Waals surface area contributed by atoms with Crippen LogP contribution < -0.4 is 29.0 Å². The van der Waals surface area contributed by atoms with E-state index in [0.29, 0.717) is 28.4 Å². The van der Waals surface area contributed by atoms with Crippen LogP contribution in [0.1, 0.15) is 16.7 Å². The van der Waals surface area contributed by atoms with Gasteiger partial charge in [0.15, 0.2) is 28.7 Å². The van der Waals surface area contributed by atoms with E-state index in [9.17, 15) is 20.0 Å². The Balaban J connectivity index is 1.86. The van der Waals surface area contributed by atoms with Gasteiger partial charge in [-0.1, -0.05) is 18.2 Å². The largest absolute Gasteiger partial charge is 0.503 e. The van der Waals surface area contributed by atoms with E-state index in [-0.39, 0.29) is 28.6 Å². The van der Waals surface area contributed by atoms with Crippen molar-refractivity contribution in [3.05, 3.63) is 75.3 Å². The fourth-order valence-electron chi connectivity index (χ4n) is 3.67. The van der Waals surface area contributed by atoms with Gasteiger partial charge in [0.2, 0.25) is 11.7 Å². The molecule has 3 aromatic carbocycles. The van der Waals surface area contributed by atoms with Crippen LogP contribution in [0.25, 0.3) is 18.2 Å². The fourth-order valence-corrected chi connectivity index (χ4v) is 3.67. The molecular weight excluding hydrogens is 508 g/mol. The maximum absolute atomic E-state index is 12.6. The number of nitrogens with zero attached hydrogens (tertiary/aromatic N) is 1. The number of methoxy groups -OCH3 is 5. The molecule has 0 saturated heterocycles. The molecular formula is C28H28N2O9. The van der Waals surface area contributed by atoms with Crippen LogP contribution in [0, 0.1) is 10.1 Å². The highest BCUT2D eigenvalue weighted by Crippen LogP contribution is 2.39. The van der Waals surface area contributed by atoms with E-state index in [2.05, 4.69) is 5.32 Å². The van der Waals surface area contributed by atoms with Gasteiger partial charge in [-0.2, -0.15) is 0 Å². The summed E-state index contributed by atoms with van der Waals surface area (Å²) in [5.41, 5.74) is 1.66. The van der Waals surface area contributed by atoms with Gasteiger partial charge in [0.1, 0.15) is 0 Å². The lowest BCUT2D eigenvalue weighted by molar-refractivity contribution is -0.385. The summed E-state index contributed by atoms with van der Waals surface area (Å²) in [7, 11) is 7.29. The van der Waals surface area contributed by atoms with Crippen molar-refractivity contribution in [1.29, 1.82) is 0 Å². The van der Waals surface area contributed by atoms with E-state index < -0.39 is 10.8 Å². The number of rotatable bonds is 11. The molecule has 11 heteroatoms. The number of hydrogen-bond acceptors (Lipinski definition) is 9. The first kappa shape index (κ1) is 28.4. The summed E-state index contributed by atoms with van der Waals surface area (Å²) in [6, 6.07) is 11.0. The van der Waals surface area contributed by atoms with E-state index in [1.165, 1.54) is 59.8 Å². The molecule has 0 spiro atoms. The minimum atomic E-state index is -0.573. The van der Waals surface area contributed by atoms with Gasteiger partial charge in [-0.3, -0.25) is 14.9 Å². The van der Waals surface area contributed by atoms with Crippen molar-refractivity contribution >= 4 is 35.5 Å². The highest BCUT2D eigenvalue weighted by Gasteiger charge is 2.16. The number of aromatic hydroxyl groups is 1. The predicted octanol–water partition coefficient (Wildman–Crippen LogP) is 5.17. The van der Waals surface area contributed by atoms with Gasteiger partial charge in [0.25, 0.3) is 0 Å². The van der Waals surface area contributed by atoms with E-state index in [4.69, 9.17) is 23.7 Å². The highest BCUT2D eigenvalue weighted by atomic mass is 16.6. The molecule has 3 rings (SSSR count). The molecule has 0 unspecified atom stereocenters. The van der Waals surface area contributed by atoms with Gasteiger partial charge in [-0.25, -0.2) is 0 Å². The topological polar surface area (TPSA) is 139 Å². The molecule has 11 nitrogen and oxygen atoms in total. The first-order valence-corrected chi connectivity index (χ1v) is 11.4. The monoisotopic (exact) mass is 536 g/mol. The third-order valence-electron chi connectivity index (χ3n) is 5.56. The Morgan fingerprint density at radius 2 is 1.33 bits per heavy atom. The van der Waals surface area contributed by atoms with Gasteiger partial charge < -0.3 is 34.1 Å². The molecule has 0 aromatic heterocycles. The minimum Gasteiger partial charge on any atom is -0.503 e. The van der Waals surface area contributed by atoms with Crippen molar-refractivity contribution < 1.29 is 38.5 Å². The Morgan fingerprint density at radius 3 is 1.87 bits per heavy atom. The lowest BCUT2D eigenvalue weighted by Gasteiger charge is -2.13. The van der Waals surface area contributed by atoms with Crippen molar-refractivity contribution in [2.75, 3.05) is 40.9 Å². The number of phenolic OH excluding ortho intramolecular Hbond substituents is 1. The highest BCUT2D eigenvalue weighted by molar-refractivity contribution is 6.03. The molecule has 0 saturated carbocycles. The Morgan fingerprint density at radius 1 is 0.769 bits per heavy atom. The van der Waals surface area contributed by atoms with E-state index >= 15 is 0 Å². The number of hydrogen-bond donors (Lipinski definition) is 2. The van der Waals surface area contributed by atoms with E-state index in [1.54, 1.807) is 42.5 Å². The maximum atomic E-state index is 12.6. The Labute approximate surface area is 225 Å². The fraction of sp³-hybridized carbons (Fsp3) is 0.179. The molecule has 0 aliphatic rings. The number of anilines is 1. The third kappa shape index (κ3) is 6.77. The molecule has 0 heterocycles. The Kier molecular flexibility index (Phi) is 9.36. The lowest BCUT2D eigenvalue weighted by atomic mass is 10.1. The maximum Gasteiger partial charge on any atom is 0.311 e. The standard InChI is InChI=1S/C28H28N2O9/c1-35-22-10-8-17(13-21(22)30(33)34)9-11-26(31)29-20-12-18(14-23(36-2)27(20)32)6-7-19-15-24(37-3)28(39-5)25(16-19)38-4/h6-16,32H,1-5H3,(H,29,31)/b7-6?,11-9+. The normalized spacial score (nSPS) is 10.9. The van der Waals surface area contributed by atoms with Gasteiger partial charge in [0.05, 0.1) is 46.2 Å². The summed E-state index contributed by atoms with van der Waals surface area (Å²) in [6.45, 7) is 0. The van der Waals surface area contributed by atoms with Crippen LogP contribution in [0.2, 0.25) is 0 Å². The Hall–Kier alpha value is -5.19.